The van der Waals surface area contributed by atoms with Crippen LogP contribution in [0.25, 0.3) is 0 Å². The fourth-order valence-electron chi connectivity index (χ4n) is 1.35. The molecule has 1 heterocycles. The molecule has 1 saturated heterocycles. The molecule has 1 aliphatic rings. The summed E-state index contributed by atoms with van der Waals surface area (Å²) in [6.07, 6.45) is 0.199. The third-order valence-electron chi connectivity index (χ3n) is 2.93. The summed E-state index contributed by atoms with van der Waals surface area (Å²) < 4.78 is 7.05. The van der Waals surface area contributed by atoms with Gasteiger partial charge in [0.25, 0.3) is 0 Å². The molecule has 0 aromatic heterocycles. The van der Waals surface area contributed by atoms with Crippen molar-refractivity contribution in [2.75, 3.05) is 19.8 Å². The first-order chi connectivity index (χ1) is 10.5. The minimum Gasteiger partial charge on any atom is -0.376 e. The summed E-state index contributed by atoms with van der Waals surface area (Å²) in [6, 6.07) is 0. The first-order valence-corrected chi connectivity index (χ1v) is 15.6. The molecule has 2 nitrogen and oxygen atoms in total. The van der Waals surface area contributed by atoms with Gasteiger partial charge in [-0.2, -0.15) is 0 Å². The molecule has 0 N–H and O–H groups in total. The number of halogens is 12. The molecule has 0 amide bonds. The van der Waals surface area contributed by atoms with Gasteiger partial charge in [0.2, 0.25) is 0 Å². The smallest absolute Gasteiger partial charge is 0.135 e. The maximum Gasteiger partial charge on any atom is 0.135 e. The summed E-state index contributed by atoms with van der Waals surface area (Å²) in [4.78, 5) is 0. The minimum atomic E-state index is -0.820. The number of hydrogen-bond acceptors (Lipinski definition) is 2. The van der Waals surface area contributed by atoms with Gasteiger partial charge >= 0.3 is 0 Å². The predicted molar refractivity (Wildman–Crippen MR) is 145 cm³/mol. The Bertz CT molecular complexity index is 445. The Labute approximate surface area is 242 Å². The molecule has 0 aromatic carbocycles. The van der Waals surface area contributed by atoms with E-state index in [1.54, 1.807) is 0 Å². The van der Waals surface area contributed by atoms with Gasteiger partial charge in [0, 0.05) is 0 Å². The Morgan fingerprint density at radius 1 is 0.833 bits per heavy atom. The lowest BCUT2D eigenvalue weighted by Crippen LogP contribution is -2.62. The number of alkyl halides is 12. The van der Waals surface area contributed by atoms with Gasteiger partial charge in [-0.1, -0.05) is 191 Å². The van der Waals surface area contributed by atoms with Crippen LogP contribution < -0.4 is 0 Å². The SMILES string of the molecule is BrC(Br)C(Br)(Br)C(Br)(Br)C(Br)(Br)C(Br)(Br)C(Br)(Br)COCC1CO1. The second kappa shape index (κ2) is 10.1. The Kier molecular flexibility index (Phi) is 11.6. The molecular formula is C10H8Br12O2. The van der Waals surface area contributed by atoms with E-state index in [1.165, 1.54) is 0 Å². The molecule has 0 radical (unpaired) electrons. The molecule has 0 aromatic rings. The number of rotatable bonds is 9. The van der Waals surface area contributed by atoms with Gasteiger partial charge in [0.1, 0.15) is 22.3 Å². The van der Waals surface area contributed by atoms with Crippen LogP contribution in [-0.2, 0) is 9.47 Å². The van der Waals surface area contributed by atoms with E-state index in [0.717, 1.165) is 6.61 Å². The first-order valence-electron chi connectivity index (χ1n) is 5.89. The maximum absolute atomic E-state index is 5.76. The topological polar surface area (TPSA) is 21.8 Å². The highest BCUT2D eigenvalue weighted by molar-refractivity contribution is 9.36. The van der Waals surface area contributed by atoms with Crippen LogP contribution >= 0.6 is 191 Å². The summed E-state index contributed by atoms with van der Waals surface area (Å²) in [5, 5.41) is 0. The molecule has 1 atom stereocenters. The fraction of sp³-hybridized carbons (Fsp3) is 1.00. The maximum atomic E-state index is 5.76. The predicted octanol–water partition coefficient (Wildman–Crippen LogP) is 8.95. The number of ether oxygens (including phenoxy) is 2. The molecule has 24 heavy (non-hydrogen) atoms. The van der Waals surface area contributed by atoms with Crippen LogP contribution in [-0.4, -0.2) is 45.8 Å². The van der Waals surface area contributed by atoms with Gasteiger partial charge in [0.05, 0.1) is 23.6 Å². The van der Waals surface area contributed by atoms with Gasteiger partial charge < -0.3 is 9.47 Å². The Balaban J connectivity index is 3.06. The molecular weight excluding hydrogens is 1110 g/mol. The molecule has 1 aliphatic heterocycles. The molecule has 1 unspecified atom stereocenters. The van der Waals surface area contributed by atoms with Gasteiger partial charge in [-0.25, -0.2) is 0 Å². The Hall–Kier alpha value is 5.68. The average molecular weight is 1120 g/mol. The second-order valence-electron chi connectivity index (χ2n) is 4.82. The van der Waals surface area contributed by atoms with E-state index >= 15 is 0 Å². The quantitative estimate of drug-likeness (QED) is 0.170. The molecule has 0 spiro atoms. The van der Waals surface area contributed by atoms with Gasteiger partial charge in [-0.15, -0.1) is 0 Å². The zero-order valence-corrected chi connectivity index (χ0v) is 30.2. The van der Waals surface area contributed by atoms with Crippen molar-refractivity contribution >= 4 is 191 Å². The van der Waals surface area contributed by atoms with Gasteiger partial charge in [-0.05, 0) is 0 Å². The molecule has 144 valence electrons. The molecule has 0 aliphatic carbocycles. The zero-order chi connectivity index (χ0) is 19.2. The summed E-state index contributed by atoms with van der Waals surface area (Å²) >= 11 is 44.5. The van der Waals surface area contributed by atoms with Gasteiger partial charge in [0.15, 0.2) is 0 Å². The lowest BCUT2D eigenvalue weighted by atomic mass is 10.1. The number of epoxide rings is 1. The molecule has 1 rings (SSSR count). The van der Waals surface area contributed by atoms with Crippen LogP contribution in [0, 0.1) is 0 Å². The van der Waals surface area contributed by atoms with E-state index < -0.39 is 16.2 Å². The minimum absolute atomic E-state index is 0.134. The highest BCUT2D eigenvalue weighted by Gasteiger charge is 2.70. The lowest BCUT2D eigenvalue weighted by Gasteiger charge is -2.52. The van der Waals surface area contributed by atoms with E-state index in [0.29, 0.717) is 13.2 Å². The Morgan fingerprint density at radius 3 is 1.67 bits per heavy atom. The summed E-state index contributed by atoms with van der Waals surface area (Å²) in [5.74, 6) is 0. The highest BCUT2D eigenvalue weighted by Crippen LogP contribution is 2.72. The zero-order valence-electron chi connectivity index (χ0n) is 11.1. The lowest BCUT2D eigenvalue weighted by molar-refractivity contribution is 0.113. The van der Waals surface area contributed by atoms with E-state index in [9.17, 15) is 0 Å². The fourth-order valence-corrected chi connectivity index (χ4v) is 11.1. The van der Waals surface area contributed by atoms with Crippen molar-refractivity contribution in [1.82, 2.24) is 0 Å². The van der Waals surface area contributed by atoms with Crippen LogP contribution in [0.15, 0.2) is 0 Å². The van der Waals surface area contributed by atoms with Crippen molar-refractivity contribution in [2.24, 2.45) is 0 Å². The third kappa shape index (κ3) is 5.92. The van der Waals surface area contributed by atoms with Gasteiger partial charge in [-0.3, -0.25) is 0 Å². The Morgan fingerprint density at radius 2 is 1.29 bits per heavy atom. The molecule has 1 fully saturated rings. The van der Waals surface area contributed by atoms with E-state index in [1.807, 2.05) is 0 Å². The van der Waals surface area contributed by atoms with Crippen LogP contribution in [0.2, 0.25) is 0 Å². The standard InChI is InChI=1S/C10H8Br12O2/c11-5(12)7(15,16)9(19,20)10(21,22)8(17,18)6(13,14)3-23-1-4-2-24-4/h4-5H,1-3H2. The largest absolute Gasteiger partial charge is 0.376 e. The van der Waals surface area contributed by atoms with Crippen molar-refractivity contribution in [3.8, 4) is 0 Å². The monoisotopic (exact) mass is 1110 g/mol. The molecule has 0 saturated carbocycles. The number of hydrogen-bond donors (Lipinski definition) is 0. The molecule has 14 heteroatoms. The summed E-state index contributed by atoms with van der Waals surface area (Å²) in [7, 11) is 0. The second-order valence-corrected chi connectivity index (χ2v) is 25.5. The van der Waals surface area contributed by atoms with Crippen LogP contribution in [0.4, 0.5) is 0 Å². The summed E-state index contributed by atoms with van der Waals surface area (Å²) in [6.45, 7) is 1.67. The third-order valence-corrected chi connectivity index (χ3v) is 26.4. The van der Waals surface area contributed by atoms with Crippen LogP contribution in [0.3, 0.4) is 0 Å². The van der Waals surface area contributed by atoms with Crippen molar-refractivity contribution < 1.29 is 9.47 Å². The van der Waals surface area contributed by atoms with Crippen molar-refractivity contribution in [3.05, 3.63) is 0 Å². The highest BCUT2D eigenvalue weighted by atomic mass is 79.9. The molecule has 0 bridgehead atoms. The summed E-state index contributed by atoms with van der Waals surface area (Å²) in [5.41, 5.74) is 0. The van der Waals surface area contributed by atoms with Crippen molar-refractivity contribution in [3.63, 3.8) is 0 Å². The van der Waals surface area contributed by atoms with Crippen LogP contribution in [0.1, 0.15) is 0 Å². The van der Waals surface area contributed by atoms with E-state index in [4.69, 9.17) is 9.47 Å². The first kappa shape index (κ1) is 27.7. The van der Waals surface area contributed by atoms with Crippen molar-refractivity contribution in [2.45, 2.75) is 26.0 Å². The average Bonchev–Trinajstić information content (AvgIpc) is 3.21. The van der Waals surface area contributed by atoms with E-state index in [-0.39, 0.29) is 9.84 Å². The van der Waals surface area contributed by atoms with E-state index in [2.05, 4.69) is 191 Å². The van der Waals surface area contributed by atoms with Crippen molar-refractivity contribution in [1.29, 1.82) is 0 Å². The normalized spacial score (nSPS) is 20.6. The van der Waals surface area contributed by atoms with Crippen LogP contribution in [0.5, 0.6) is 0 Å².